The van der Waals surface area contributed by atoms with Gasteiger partial charge in [-0.3, -0.25) is 4.79 Å². The van der Waals surface area contributed by atoms with Gasteiger partial charge in [0.15, 0.2) is 11.5 Å². The van der Waals surface area contributed by atoms with Gasteiger partial charge in [-0.2, -0.15) is 0 Å². The molecule has 1 N–H and O–H groups in total. The molecule has 1 aromatic carbocycles. The number of aromatic nitrogens is 1. The van der Waals surface area contributed by atoms with Crippen LogP contribution in [0.25, 0.3) is 0 Å². The Morgan fingerprint density at radius 1 is 1.15 bits per heavy atom. The molecule has 6 heteroatoms. The average Bonchev–Trinajstić information content (AvgIpc) is 2.66. The number of hydrogen-bond acceptors (Lipinski definition) is 5. The van der Waals surface area contributed by atoms with Crippen LogP contribution >= 0.6 is 0 Å². The number of rotatable bonds is 5. The highest BCUT2D eigenvalue weighted by Gasteiger charge is 2.20. The van der Waals surface area contributed by atoms with Gasteiger partial charge in [0.25, 0.3) is 5.91 Å². The van der Waals surface area contributed by atoms with Crippen molar-refractivity contribution in [3.8, 4) is 11.5 Å². The van der Waals surface area contributed by atoms with E-state index in [-0.39, 0.29) is 11.9 Å². The van der Waals surface area contributed by atoms with E-state index in [4.69, 9.17) is 9.47 Å². The van der Waals surface area contributed by atoms with Gasteiger partial charge in [0, 0.05) is 25.3 Å². The van der Waals surface area contributed by atoms with E-state index < -0.39 is 0 Å². The second kappa shape index (κ2) is 7.64. The first-order valence-electron chi connectivity index (χ1n) is 8.77. The Hall–Kier alpha value is -2.76. The molecule has 0 fully saturated rings. The van der Waals surface area contributed by atoms with Crippen LogP contribution in [0.2, 0.25) is 0 Å². The highest BCUT2D eigenvalue weighted by Crippen LogP contribution is 2.34. The number of nitrogens with zero attached hydrogens (tertiary/aromatic N) is 2. The molecule has 0 saturated carbocycles. The number of carbonyl (C=O) groups excluding carboxylic acids is 1. The highest BCUT2D eigenvalue weighted by molar-refractivity contribution is 5.94. The summed E-state index contributed by atoms with van der Waals surface area (Å²) in [6.45, 7) is 5.50. The van der Waals surface area contributed by atoms with Crippen LogP contribution in [0.3, 0.4) is 0 Å². The van der Waals surface area contributed by atoms with Gasteiger partial charge in [-0.05, 0) is 55.7 Å². The minimum absolute atomic E-state index is 0.0973. The Labute approximate surface area is 154 Å². The molecular formula is C20H25N3O3. The van der Waals surface area contributed by atoms with Crippen LogP contribution in [0.4, 0.5) is 5.82 Å². The molecule has 6 nitrogen and oxygen atoms in total. The van der Waals surface area contributed by atoms with E-state index >= 15 is 0 Å². The maximum atomic E-state index is 12.0. The molecule has 0 spiro atoms. The van der Waals surface area contributed by atoms with Crippen molar-refractivity contribution in [3.63, 3.8) is 0 Å². The van der Waals surface area contributed by atoms with Crippen LogP contribution in [0.15, 0.2) is 30.5 Å². The normalized spacial score (nSPS) is 13.3. The molecule has 0 radical (unpaired) electrons. The standard InChI is InChI=1S/C20H25N3O3/c1-13(2)22-20(24)15-5-6-19(21-11-15)23-8-7-14-9-17(25-3)18(26-4)10-16(14)12-23/h5-6,9-11,13H,7-8,12H2,1-4H3,(H,22,24). The third kappa shape index (κ3) is 3.74. The lowest BCUT2D eigenvalue weighted by Crippen LogP contribution is -2.32. The summed E-state index contributed by atoms with van der Waals surface area (Å²) in [5.41, 5.74) is 3.05. The molecule has 0 saturated heterocycles. The van der Waals surface area contributed by atoms with Gasteiger partial charge in [0.1, 0.15) is 5.82 Å². The van der Waals surface area contributed by atoms with E-state index in [1.54, 1.807) is 20.4 Å². The Kier molecular flexibility index (Phi) is 5.30. The minimum atomic E-state index is -0.0973. The summed E-state index contributed by atoms with van der Waals surface area (Å²) in [6, 6.07) is 7.92. The lowest BCUT2D eigenvalue weighted by atomic mass is 9.98. The maximum absolute atomic E-state index is 12.0. The van der Waals surface area contributed by atoms with Crippen molar-refractivity contribution < 1.29 is 14.3 Å². The van der Waals surface area contributed by atoms with Crippen molar-refractivity contribution in [2.75, 3.05) is 25.7 Å². The molecule has 1 aliphatic rings. The smallest absolute Gasteiger partial charge is 0.253 e. The number of amides is 1. The summed E-state index contributed by atoms with van der Waals surface area (Å²) in [7, 11) is 3.30. The number of methoxy groups -OCH3 is 2. The van der Waals surface area contributed by atoms with E-state index in [0.29, 0.717) is 5.56 Å². The molecule has 2 heterocycles. The molecule has 0 atom stereocenters. The van der Waals surface area contributed by atoms with Crippen molar-refractivity contribution in [2.24, 2.45) is 0 Å². The monoisotopic (exact) mass is 355 g/mol. The van der Waals surface area contributed by atoms with E-state index in [1.165, 1.54) is 11.1 Å². The van der Waals surface area contributed by atoms with Crippen molar-refractivity contribution in [1.82, 2.24) is 10.3 Å². The number of carbonyl (C=O) groups is 1. The van der Waals surface area contributed by atoms with Gasteiger partial charge in [-0.25, -0.2) is 4.98 Å². The van der Waals surface area contributed by atoms with E-state index in [1.807, 2.05) is 32.0 Å². The zero-order chi connectivity index (χ0) is 18.7. The van der Waals surface area contributed by atoms with Crippen molar-refractivity contribution in [1.29, 1.82) is 0 Å². The first kappa shape index (κ1) is 18.0. The quantitative estimate of drug-likeness (QED) is 0.893. The first-order chi connectivity index (χ1) is 12.5. The fraction of sp³-hybridized carbons (Fsp3) is 0.400. The second-order valence-electron chi connectivity index (χ2n) is 6.68. The predicted octanol–water partition coefficient (Wildman–Crippen LogP) is 2.80. The molecule has 2 aromatic rings. The van der Waals surface area contributed by atoms with Crippen molar-refractivity contribution in [3.05, 3.63) is 47.2 Å². The molecule has 26 heavy (non-hydrogen) atoms. The first-order valence-corrected chi connectivity index (χ1v) is 8.77. The van der Waals surface area contributed by atoms with Gasteiger partial charge in [-0.15, -0.1) is 0 Å². The fourth-order valence-electron chi connectivity index (χ4n) is 3.13. The Morgan fingerprint density at radius 3 is 2.42 bits per heavy atom. The molecule has 138 valence electrons. The number of fused-ring (bicyclic) bond motifs is 1. The van der Waals surface area contributed by atoms with E-state index in [2.05, 4.69) is 21.3 Å². The lowest BCUT2D eigenvalue weighted by Gasteiger charge is -2.30. The van der Waals surface area contributed by atoms with Crippen LogP contribution in [-0.4, -0.2) is 37.7 Å². The van der Waals surface area contributed by atoms with Crippen molar-refractivity contribution >= 4 is 11.7 Å². The van der Waals surface area contributed by atoms with Crippen LogP contribution in [0.1, 0.15) is 35.3 Å². The Morgan fingerprint density at radius 2 is 1.85 bits per heavy atom. The predicted molar refractivity (Wildman–Crippen MR) is 101 cm³/mol. The number of anilines is 1. The summed E-state index contributed by atoms with van der Waals surface area (Å²) in [6.07, 6.45) is 2.55. The summed E-state index contributed by atoms with van der Waals surface area (Å²) in [4.78, 5) is 18.7. The minimum Gasteiger partial charge on any atom is -0.493 e. The number of pyridine rings is 1. The number of benzene rings is 1. The van der Waals surface area contributed by atoms with Crippen molar-refractivity contribution in [2.45, 2.75) is 32.9 Å². The van der Waals surface area contributed by atoms with Gasteiger partial charge >= 0.3 is 0 Å². The van der Waals surface area contributed by atoms with Crippen LogP contribution in [0, 0.1) is 0 Å². The lowest BCUT2D eigenvalue weighted by molar-refractivity contribution is 0.0943. The molecule has 1 aromatic heterocycles. The summed E-state index contributed by atoms with van der Waals surface area (Å²) < 4.78 is 10.8. The maximum Gasteiger partial charge on any atom is 0.253 e. The van der Waals surface area contributed by atoms with Crippen LogP contribution in [0.5, 0.6) is 11.5 Å². The summed E-state index contributed by atoms with van der Waals surface area (Å²) >= 11 is 0. The van der Waals surface area contributed by atoms with Crippen LogP contribution in [-0.2, 0) is 13.0 Å². The molecule has 1 amide bonds. The molecule has 0 bridgehead atoms. The number of nitrogens with one attached hydrogen (secondary N) is 1. The third-order valence-corrected chi connectivity index (χ3v) is 4.47. The largest absolute Gasteiger partial charge is 0.493 e. The zero-order valence-corrected chi connectivity index (χ0v) is 15.7. The number of ether oxygens (including phenoxy) is 2. The summed E-state index contributed by atoms with van der Waals surface area (Å²) in [5.74, 6) is 2.27. The van der Waals surface area contributed by atoms with Gasteiger partial charge in [0.2, 0.25) is 0 Å². The molecule has 3 rings (SSSR count). The van der Waals surface area contributed by atoms with E-state index in [9.17, 15) is 4.79 Å². The summed E-state index contributed by atoms with van der Waals surface area (Å²) in [5, 5.41) is 2.88. The van der Waals surface area contributed by atoms with Gasteiger partial charge in [-0.1, -0.05) is 0 Å². The zero-order valence-electron chi connectivity index (χ0n) is 15.7. The molecular weight excluding hydrogens is 330 g/mol. The molecule has 1 aliphatic heterocycles. The van der Waals surface area contributed by atoms with Gasteiger partial charge < -0.3 is 19.7 Å². The number of hydrogen-bond donors (Lipinski definition) is 1. The second-order valence-corrected chi connectivity index (χ2v) is 6.68. The van der Waals surface area contributed by atoms with E-state index in [0.717, 1.165) is 36.8 Å². The Bertz CT molecular complexity index is 788. The Balaban J connectivity index is 1.77. The highest BCUT2D eigenvalue weighted by atomic mass is 16.5. The molecule has 0 unspecified atom stereocenters. The third-order valence-electron chi connectivity index (χ3n) is 4.47. The average molecular weight is 355 g/mol. The SMILES string of the molecule is COc1cc2c(cc1OC)CN(c1ccc(C(=O)NC(C)C)cn1)CC2. The van der Waals surface area contributed by atoms with Gasteiger partial charge in [0.05, 0.1) is 19.8 Å². The van der Waals surface area contributed by atoms with Crippen LogP contribution < -0.4 is 19.7 Å². The fourth-order valence-corrected chi connectivity index (χ4v) is 3.13. The molecule has 0 aliphatic carbocycles. The topological polar surface area (TPSA) is 63.7 Å².